The molecule has 5 nitrogen and oxygen atoms in total. The molecule has 1 saturated heterocycles. The number of hydrogen-bond acceptors (Lipinski definition) is 4. The highest BCUT2D eigenvalue weighted by atomic mass is 16.6. The lowest BCUT2D eigenvalue weighted by Crippen LogP contribution is -2.41. The van der Waals surface area contributed by atoms with Crippen molar-refractivity contribution in [2.45, 2.75) is 19.4 Å². The van der Waals surface area contributed by atoms with Gasteiger partial charge in [-0.1, -0.05) is 6.92 Å². The molecular weight excluding hydrogens is 196 g/mol. The first-order chi connectivity index (χ1) is 7.24. The molecule has 3 N–H and O–H groups in total. The van der Waals surface area contributed by atoms with E-state index in [1.165, 1.54) is 0 Å². The van der Waals surface area contributed by atoms with Crippen LogP contribution in [0.1, 0.15) is 13.3 Å². The maximum absolute atomic E-state index is 11.5. The van der Waals surface area contributed by atoms with Gasteiger partial charge in [0, 0.05) is 12.5 Å². The third-order valence-electron chi connectivity index (χ3n) is 2.44. The van der Waals surface area contributed by atoms with E-state index in [9.17, 15) is 4.79 Å². The van der Waals surface area contributed by atoms with Gasteiger partial charge >= 0.3 is 0 Å². The first-order valence-electron chi connectivity index (χ1n) is 5.41. The molecule has 1 aliphatic heterocycles. The number of ether oxygens (including phenoxy) is 2. The molecule has 2 unspecified atom stereocenters. The molecule has 88 valence electrons. The van der Waals surface area contributed by atoms with Gasteiger partial charge in [-0.05, 0) is 13.0 Å². The van der Waals surface area contributed by atoms with E-state index in [0.29, 0.717) is 39.3 Å². The van der Waals surface area contributed by atoms with Crippen molar-refractivity contribution in [1.82, 2.24) is 5.32 Å². The molecule has 0 saturated carbocycles. The van der Waals surface area contributed by atoms with Crippen LogP contribution in [0.4, 0.5) is 0 Å². The highest BCUT2D eigenvalue weighted by molar-refractivity contribution is 5.78. The van der Waals surface area contributed by atoms with E-state index in [-0.39, 0.29) is 17.9 Å². The smallest absolute Gasteiger partial charge is 0.222 e. The topological polar surface area (TPSA) is 73.6 Å². The lowest BCUT2D eigenvalue weighted by molar-refractivity contribution is -0.127. The molecule has 1 rings (SSSR count). The zero-order chi connectivity index (χ0) is 11.1. The first kappa shape index (κ1) is 12.4. The summed E-state index contributed by atoms with van der Waals surface area (Å²) in [7, 11) is 0. The monoisotopic (exact) mass is 216 g/mol. The molecule has 1 heterocycles. The summed E-state index contributed by atoms with van der Waals surface area (Å²) in [6, 6.07) is 0. The number of carbonyl (C=O) groups excluding carboxylic acids is 1. The fraction of sp³-hybridized carbons (Fsp3) is 0.900. The van der Waals surface area contributed by atoms with E-state index in [2.05, 4.69) is 5.32 Å². The van der Waals surface area contributed by atoms with E-state index in [1.807, 2.05) is 6.92 Å². The normalized spacial score (nSPS) is 23.5. The summed E-state index contributed by atoms with van der Waals surface area (Å²) in [5.41, 5.74) is 5.38. The summed E-state index contributed by atoms with van der Waals surface area (Å²) in [6.07, 6.45) is 0.709. The summed E-state index contributed by atoms with van der Waals surface area (Å²) in [5.74, 6) is 0.00846. The maximum Gasteiger partial charge on any atom is 0.222 e. The standard InChI is InChI=1S/C10H20N2O3/c1-8(2-3-11)10(13)12-6-9-7-14-4-5-15-9/h8-9H,2-7,11H2,1H3,(H,12,13). The van der Waals surface area contributed by atoms with Gasteiger partial charge in [-0.2, -0.15) is 0 Å². The van der Waals surface area contributed by atoms with Crippen molar-refractivity contribution in [3.63, 3.8) is 0 Å². The number of carbonyl (C=O) groups is 1. The van der Waals surface area contributed by atoms with Crippen LogP contribution in [-0.4, -0.2) is 44.9 Å². The van der Waals surface area contributed by atoms with Crippen molar-refractivity contribution < 1.29 is 14.3 Å². The number of nitrogens with two attached hydrogens (primary N) is 1. The molecule has 0 spiro atoms. The summed E-state index contributed by atoms with van der Waals surface area (Å²) in [6.45, 7) is 4.75. The van der Waals surface area contributed by atoms with Crippen molar-refractivity contribution in [2.75, 3.05) is 32.9 Å². The minimum Gasteiger partial charge on any atom is -0.376 e. The van der Waals surface area contributed by atoms with Gasteiger partial charge in [-0.3, -0.25) is 4.79 Å². The lowest BCUT2D eigenvalue weighted by Gasteiger charge is -2.23. The third kappa shape index (κ3) is 4.59. The van der Waals surface area contributed by atoms with Crippen LogP contribution < -0.4 is 11.1 Å². The highest BCUT2D eigenvalue weighted by Gasteiger charge is 2.17. The van der Waals surface area contributed by atoms with Gasteiger partial charge in [0.1, 0.15) is 0 Å². The van der Waals surface area contributed by atoms with E-state index in [1.54, 1.807) is 0 Å². The van der Waals surface area contributed by atoms with Crippen LogP contribution in [0.3, 0.4) is 0 Å². The molecule has 0 aliphatic carbocycles. The molecular formula is C10H20N2O3. The van der Waals surface area contributed by atoms with Gasteiger partial charge in [0.25, 0.3) is 0 Å². The minimum atomic E-state index is -0.0282. The van der Waals surface area contributed by atoms with Crippen molar-refractivity contribution in [3.05, 3.63) is 0 Å². The molecule has 0 aromatic heterocycles. The summed E-state index contributed by atoms with van der Waals surface area (Å²) < 4.78 is 10.6. The molecule has 0 bridgehead atoms. The fourth-order valence-corrected chi connectivity index (χ4v) is 1.42. The fourth-order valence-electron chi connectivity index (χ4n) is 1.42. The van der Waals surface area contributed by atoms with Crippen LogP contribution in [0.25, 0.3) is 0 Å². The number of nitrogens with one attached hydrogen (secondary N) is 1. The molecule has 5 heteroatoms. The van der Waals surface area contributed by atoms with Gasteiger partial charge < -0.3 is 20.5 Å². The second-order valence-corrected chi connectivity index (χ2v) is 3.79. The van der Waals surface area contributed by atoms with Crippen molar-refractivity contribution in [1.29, 1.82) is 0 Å². The Morgan fingerprint density at radius 2 is 2.40 bits per heavy atom. The molecule has 0 radical (unpaired) electrons. The molecule has 15 heavy (non-hydrogen) atoms. The Kier molecular flexibility index (Phi) is 5.60. The highest BCUT2D eigenvalue weighted by Crippen LogP contribution is 2.02. The van der Waals surface area contributed by atoms with Gasteiger partial charge in [0.05, 0.1) is 25.9 Å². The van der Waals surface area contributed by atoms with Crippen molar-refractivity contribution >= 4 is 5.91 Å². The van der Waals surface area contributed by atoms with Crippen LogP contribution in [0.5, 0.6) is 0 Å². The van der Waals surface area contributed by atoms with Gasteiger partial charge in [-0.25, -0.2) is 0 Å². The largest absolute Gasteiger partial charge is 0.376 e. The summed E-state index contributed by atoms with van der Waals surface area (Å²) in [5, 5.41) is 2.84. The SMILES string of the molecule is CC(CCN)C(=O)NCC1COCCO1. The van der Waals surface area contributed by atoms with E-state index in [0.717, 1.165) is 0 Å². The first-order valence-corrected chi connectivity index (χ1v) is 5.41. The van der Waals surface area contributed by atoms with E-state index in [4.69, 9.17) is 15.2 Å². The average molecular weight is 216 g/mol. The van der Waals surface area contributed by atoms with Crippen LogP contribution in [-0.2, 0) is 14.3 Å². The molecule has 1 aliphatic rings. The summed E-state index contributed by atoms with van der Waals surface area (Å²) >= 11 is 0. The Morgan fingerprint density at radius 1 is 1.60 bits per heavy atom. The Hall–Kier alpha value is -0.650. The Labute approximate surface area is 90.3 Å². The van der Waals surface area contributed by atoms with E-state index >= 15 is 0 Å². The predicted octanol–water partition coefficient (Wildman–Crippen LogP) is -0.497. The Morgan fingerprint density at radius 3 is 3.00 bits per heavy atom. The molecule has 1 fully saturated rings. The van der Waals surface area contributed by atoms with Gasteiger partial charge in [0.2, 0.25) is 5.91 Å². The number of hydrogen-bond donors (Lipinski definition) is 2. The molecule has 0 aromatic rings. The quantitative estimate of drug-likeness (QED) is 0.650. The average Bonchev–Trinajstić information content (AvgIpc) is 2.27. The third-order valence-corrected chi connectivity index (χ3v) is 2.44. The van der Waals surface area contributed by atoms with Crippen LogP contribution in [0, 0.1) is 5.92 Å². The second-order valence-electron chi connectivity index (χ2n) is 3.79. The van der Waals surface area contributed by atoms with Gasteiger partial charge in [0.15, 0.2) is 0 Å². The molecule has 1 amide bonds. The minimum absolute atomic E-state index is 0.00669. The van der Waals surface area contributed by atoms with Crippen LogP contribution in [0.2, 0.25) is 0 Å². The Bertz CT molecular complexity index is 193. The van der Waals surface area contributed by atoms with Crippen molar-refractivity contribution in [2.24, 2.45) is 11.7 Å². The second kappa shape index (κ2) is 6.76. The zero-order valence-electron chi connectivity index (χ0n) is 9.20. The van der Waals surface area contributed by atoms with Crippen molar-refractivity contribution in [3.8, 4) is 0 Å². The zero-order valence-corrected chi connectivity index (χ0v) is 9.20. The number of rotatable bonds is 5. The summed E-state index contributed by atoms with van der Waals surface area (Å²) in [4.78, 5) is 11.5. The molecule has 2 atom stereocenters. The van der Waals surface area contributed by atoms with E-state index < -0.39 is 0 Å². The number of amides is 1. The van der Waals surface area contributed by atoms with Crippen LogP contribution >= 0.6 is 0 Å². The van der Waals surface area contributed by atoms with Gasteiger partial charge in [-0.15, -0.1) is 0 Å². The van der Waals surface area contributed by atoms with Crippen LogP contribution in [0.15, 0.2) is 0 Å². The lowest BCUT2D eigenvalue weighted by atomic mass is 10.1. The predicted molar refractivity (Wildman–Crippen MR) is 56.4 cm³/mol. The molecule has 0 aromatic carbocycles. The Balaban J connectivity index is 2.14. The maximum atomic E-state index is 11.5.